The predicted molar refractivity (Wildman–Crippen MR) is 149 cm³/mol. The van der Waals surface area contributed by atoms with Gasteiger partial charge in [-0.25, -0.2) is 13.4 Å². The number of halogens is 1. The van der Waals surface area contributed by atoms with Crippen molar-refractivity contribution in [3.8, 4) is 21.6 Å². The Labute approximate surface area is 223 Å². The van der Waals surface area contributed by atoms with Crippen molar-refractivity contribution in [1.29, 1.82) is 0 Å². The summed E-state index contributed by atoms with van der Waals surface area (Å²) in [5.74, 6) is 0. The topological polar surface area (TPSA) is 104 Å². The lowest BCUT2D eigenvalue weighted by molar-refractivity contribution is 0.601. The molecule has 2 N–H and O–H groups in total. The minimum absolute atomic E-state index is 0.0900. The second kappa shape index (κ2) is 9.44. The second-order valence-electron chi connectivity index (χ2n) is 8.97. The van der Waals surface area contributed by atoms with E-state index < -0.39 is 10.0 Å². The Morgan fingerprint density at radius 2 is 1.92 bits per heavy atom. The molecule has 0 atom stereocenters. The summed E-state index contributed by atoms with van der Waals surface area (Å²) in [4.78, 5) is 13.4. The van der Waals surface area contributed by atoms with Gasteiger partial charge in [0.2, 0.25) is 0 Å². The number of thiophene rings is 1. The molecule has 0 saturated carbocycles. The largest absolute Gasteiger partial charge is 0.370 e. The highest BCUT2D eigenvalue weighted by Gasteiger charge is 2.25. The van der Waals surface area contributed by atoms with Crippen LogP contribution in [0.25, 0.3) is 31.8 Å². The van der Waals surface area contributed by atoms with Crippen molar-refractivity contribution in [3.63, 3.8) is 0 Å². The number of hydrogen-bond acceptors (Lipinski definition) is 7. The lowest BCUT2D eigenvalue weighted by atomic mass is 10.0. The first kappa shape index (κ1) is 23.9. The van der Waals surface area contributed by atoms with Gasteiger partial charge in [-0.15, -0.1) is 11.3 Å². The summed E-state index contributed by atoms with van der Waals surface area (Å²) in [6.07, 6.45) is 9.60. The van der Waals surface area contributed by atoms with Crippen LogP contribution in [0.15, 0.2) is 66.1 Å². The first-order valence-corrected chi connectivity index (χ1v) is 14.5. The van der Waals surface area contributed by atoms with Gasteiger partial charge in [-0.05, 0) is 50.1 Å². The molecule has 188 valence electrons. The van der Waals surface area contributed by atoms with E-state index in [9.17, 15) is 8.42 Å². The highest BCUT2D eigenvalue weighted by Crippen LogP contribution is 2.47. The molecule has 1 fully saturated rings. The van der Waals surface area contributed by atoms with Crippen molar-refractivity contribution in [2.75, 3.05) is 22.7 Å². The molecule has 0 bridgehead atoms. The number of aromatic amines is 1. The third kappa shape index (κ3) is 4.56. The molecule has 1 saturated heterocycles. The van der Waals surface area contributed by atoms with E-state index in [1.165, 1.54) is 23.5 Å². The number of aryl methyl sites for hydroxylation is 1. The van der Waals surface area contributed by atoms with Crippen LogP contribution < -0.4 is 9.62 Å². The van der Waals surface area contributed by atoms with Crippen LogP contribution in [-0.4, -0.2) is 41.7 Å². The zero-order valence-electron chi connectivity index (χ0n) is 19.9. The maximum atomic E-state index is 13.4. The van der Waals surface area contributed by atoms with Crippen molar-refractivity contribution < 1.29 is 8.42 Å². The molecule has 5 heterocycles. The van der Waals surface area contributed by atoms with Crippen molar-refractivity contribution in [1.82, 2.24) is 20.2 Å². The molecule has 0 spiro atoms. The fourth-order valence-corrected chi connectivity index (χ4v) is 7.32. The first-order chi connectivity index (χ1) is 17.9. The standard InChI is InChI=1S/C26H23ClN6O2S2/c1-16-9-22(32-37(34,35)21-6-4-5-19(27)11-21)24-23(25(36-26(24)31-16)18-13-29-30-14-18)17-10-20(15-28-12-17)33-7-2-3-8-33/h4-6,9-15H,2-3,7-8H2,1H3,(H,29,30)(H,31,32). The fraction of sp³-hybridized carbons (Fsp3) is 0.192. The van der Waals surface area contributed by atoms with Crippen LogP contribution in [0, 0.1) is 6.92 Å². The highest BCUT2D eigenvalue weighted by molar-refractivity contribution is 7.92. The number of rotatable bonds is 6. The third-order valence-electron chi connectivity index (χ3n) is 6.38. The smallest absolute Gasteiger partial charge is 0.261 e. The number of fused-ring (bicyclic) bond motifs is 1. The monoisotopic (exact) mass is 550 g/mol. The van der Waals surface area contributed by atoms with Gasteiger partial charge >= 0.3 is 0 Å². The van der Waals surface area contributed by atoms with E-state index in [2.05, 4.69) is 30.9 Å². The number of nitrogens with zero attached hydrogens (tertiary/aromatic N) is 4. The summed E-state index contributed by atoms with van der Waals surface area (Å²) < 4.78 is 29.6. The lowest BCUT2D eigenvalue weighted by Crippen LogP contribution is -2.17. The zero-order chi connectivity index (χ0) is 25.6. The van der Waals surface area contributed by atoms with Crippen molar-refractivity contribution >= 4 is 54.6 Å². The highest BCUT2D eigenvalue weighted by atomic mass is 35.5. The summed E-state index contributed by atoms with van der Waals surface area (Å²) in [5.41, 5.74) is 4.85. The van der Waals surface area contributed by atoms with Gasteiger partial charge in [-0.1, -0.05) is 17.7 Å². The SMILES string of the molecule is Cc1cc(NS(=O)(=O)c2cccc(Cl)c2)c2c(-c3cncc(N4CCCC4)c3)c(-c3cn[nH]c3)sc2n1. The number of nitrogens with one attached hydrogen (secondary N) is 2. The second-order valence-corrected chi connectivity index (χ2v) is 12.1. The summed E-state index contributed by atoms with van der Waals surface area (Å²) in [6, 6.07) is 10.1. The van der Waals surface area contributed by atoms with Crippen LogP contribution in [0.4, 0.5) is 11.4 Å². The Hall–Kier alpha value is -3.47. The molecule has 11 heteroatoms. The number of hydrogen-bond donors (Lipinski definition) is 2. The first-order valence-electron chi connectivity index (χ1n) is 11.8. The molecule has 8 nitrogen and oxygen atoms in total. The van der Waals surface area contributed by atoms with Gasteiger partial charge in [0.1, 0.15) is 4.83 Å². The minimum Gasteiger partial charge on any atom is -0.370 e. The van der Waals surface area contributed by atoms with Gasteiger partial charge in [-0.2, -0.15) is 5.10 Å². The number of benzene rings is 1. The van der Waals surface area contributed by atoms with Gasteiger partial charge in [0.15, 0.2) is 0 Å². The van der Waals surface area contributed by atoms with E-state index >= 15 is 0 Å². The molecule has 0 amide bonds. The molecule has 37 heavy (non-hydrogen) atoms. The molecular weight excluding hydrogens is 528 g/mol. The van der Waals surface area contributed by atoms with Gasteiger partial charge in [0.05, 0.1) is 28.7 Å². The molecule has 1 aliphatic rings. The van der Waals surface area contributed by atoms with E-state index in [0.717, 1.165) is 63.4 Å². The van der Waals surface area contributed by atoms with Crippen molar-refractivity contribution in [2.24, 2.45) is 0 Å². The number of aromatic nitrogens is 4. The van der Waals surface area contributed by atoms with Crippen LogP contribution >= 0.6 is 22.9 Å². The van der Waals surface area contributed by atoms with E-state index in [-0.39, 0.29) is 4.90 Å². The average molecular weight is 551 g/mol. The summed E-state index contributed by atoms with van der Waals surface area (Å²) in [7, 11) is -3.91. The summed E-state index contributed by atoms with van der Waals surface area (Å²) >= 11 is 7.59. The van der Waals surface area contributed by atoms with E-state index in [4.69, 9.17) is 16.6 Å². The van der Waals surface area contributed by atoms with Gasteiger partial charge in [0.25, 0.3) is 10.0 Å². The number of pyridine rings is 2. The fourth-order valence-electron chi connectivity index (χ4n) is 4.71. The van der Waals surface area contributed by atoms with Crippen LogP contribution in [0.5, 0.6) is 0 Å². The lowest BCUT2D eigenvalue weighted by Gasteiger charge is -2.18. The molecule has 0 radical (unpaired) electrons. The average Bonchev–Trinajstić information content (AvgIpc) is 3.65. The molecule has 1 aliphatic heterocycles. The zero-order valence-corrected chi connectivity index (χ0v) is 22.3. The Balaban J connectivity index is 1.57. The molecule has 0 unspecified atom stereocenters. The molecular formula is C26H23ClN6O2S2. The number of sulfonamides is 1. The Kier molecular flexibility index (Phi) is 6.10. The van der Waals surface area contributed by atoms with E-state index in [1.807, 2.05) is 25.5 Å². The van der Waals surface area contributed by atoms with Crippen molar-refractivity contribution in [3.05, 3.63) is 71.9 Å². The Morgan fingerprint density at radius 3 is 2.68 bits per heavy atom. The number of H-pyrrole nitrogens is 1. The predicted octanol–water partition coefficient (Wildman–Crippen LogP) is 6.11. The molecule has 6 rings (SSSR count). The Morgan fingerprint density at radius 1 is 1.08 bits per heavy atom. The molecule has 4 aromatic heterocycles. The van der Waals surface area contributed by atoms with E-state index in [1.54, 1.807) is 24.4 Å². The maximum absolute atomic E-state index is 13.4. The number of anilines is 2. The van der Waals surface area contributed by atoms with Crippen LogP contribution in [-0.2, 0) is 10.0 Å². The third-order valence-corrected chi connectivity index (χ3v) is 9.12. The quantitative estimate of drug-likeness (QED) is 0.264. The normalized spacial score (nSPS) is 13.9. The van der Waals surface area contributed by atoms with Crippen LogP contribution in [0.2, 0.25) is 5.02 Å². The van der Waals surface area contributed by atoms with Crippen LogP contribution in [0.3, 0.4) is 0 Å². The van der Waals surface area contributed by atoms with Gasteiger partial charge < -0.3 is 4.90 Å². The molecule has 1 aromatic carbocycles. The minimum atomic E-state index is -3.91. The van der Waals surface area contributed by atoms with Gasteiger partial charge in [-0.3, -0.25) is 14.8 Å². The van der Waals surface area contributed by atoms with E-state index in [0.29, 0.717) is 16.4 Å². The Bertz CT molecular complexity index is 1710. The maximum Gasteiger partial charge on any atom is 0.261 e. The van der Waals surface area contributed by atoms with Crippen LogP contribution in [0.1, 0.15) is 18.5 Å². The van der Waals surface area contributed by atoms with Crippen molar-refractivity contribution in [2.45, 2.75) is 24.7 Å². The van der Waals surface area contributed by atoms with Gasteiger partial charge in [0, 0.05) is 63.2 Å². The molecule has 0 aliphatic carbocycles. The summed E-state index contributed by atoms with van der Waals surface area (Å²) in [5, 5.41) is 8.10. The molecule has 5 aromatic rings. The summed E-state index contributed by atoms with van der Waals surface area (Å²) in [6.45, 7) is 3.84.